The summed E-state index contributed by atoms with van der Waals surface area (Å²) in [5.74, 6) is 1.31. The van der Waals surface area contributed by atoms with Gasteiger partial charge in [-0.1, -0.05) is 5.16 Å². The summed E-state index contributed by atoms with van der Waals surface area (Å²) >= 11 is 0. The molecule has 2 aromatic heterocycles. The Labute approximate surface area is 93.7 Å². The summed E-state index contributed by atoms with van der Waals surface area (Å²) in [6.45, 7) is 2.59. The second kappa shape index (κ2) is 4.89. The van der Waals surface area contributed by atoms with E-state index in [-0.39, 0.29) is 0 Å². The van der Waals surface area contributed by atoms with Crippen molar-refractivity contribution < 1.29 is 4.52 Å². The van der Waals surface area contributed by atoms with Crippen LogP contribution >= 0.6 is 0 Å². The molecule has 0 fully saturated rings. The van der Waals surface area contributed by atoms with E-state index in [0.29, 0.717) is 18.5 Å². The highest BCUT2D eigenvalue weighted by Gasteiger charge is 2.09. The Morgan fingerprint density at radius 2 is 2.44 bits per heavy atom. The van der Waals surface area contributed by atoms with Crippen LogP contribution in [0, 0.1) is 0 Å². The van der Waals surface area contributed by atoms with Crippen molar-refractivity contribution in [2.24, 2.45) is 0 Å². The number of aromatic nitrogens is 4. The molecule has 0 aliphatic carbocycles. The lowest BCUT2D eigenvalue weighted by molar-refractivity contribution is 0.359. The first-order valence-corrected chi connectivity index (χ1v) is 5.24. The predicted molar refractivity (Wildman–Crippen MR) is 57.9 cm³/mol. The molecule has 6 heteroatoms. The molecule has 0 saturated heterocycles. The van der Waals surface area contributed by atoms with Gasteiger partial charge in [0, 0.05) is 24.9 Å². The monoisotopic (exact) mass is 221 g/mol. The summed E-state index contributed by atoms with van der Waals surface area (Å²) in [6.07, 6.45) is 4.35. The average molecular weight is 221 g/mol. The van der Waals surface area contributed by atoms with Crippen LogP contribution in [-0.2, 0) is 13.0 Å². The standard InChI is InChI=1S/C10H15N5O/c1-8(11-2)6-9-13-10(16-14-9)7-15-5-3-4-12-15/h3-5,8,11H,6-7H2,1-2H3. The predicted octanol–water partition coefficient (Wildman–Crippen LogP) is 0.465. The maximum Gasteiger partial charge on any atom is 0.248 e. The highest BCUT2D eigenvalue weighted by Crippen LogP contribution is 2.02. The van der Waals surface area contributed by atoms with Gasteiger partial charge in [0.25, 0.3) is 0 Å². The van der Waals surface area contributed by atoms with Crippen LogP contribution in [0.4, 0.5) is 0 Å². The third-order valence-electron chi connectivity index (χ3n) is 2.35. The van der Waals surface area contributed by atoms with Crippen molar-refractivity contribution in [3.8, 4) is 0 Å². The van der Waals surface area contributed by atoms with E-state index in [1.807, 2.05) is 19.3 Å². The smallest absolute Gasteiger partial charge is 0.248 e. The number of hydrogen-bond acceptors (Lipinski definition) is 5. The number of likely N-dealkylation sites (N-methyl/N-ethyl adjacent to an activating group) is 1. The van der Waals surface area contributed by atoms with Crippen molar-refractivity contribution in [3.05, 3.63) is 30.2 Å². The van der Waals surface area contributed by atoms with E-state index in [4.69, 9.17) is 4.52 Å². The fourth-order valence-electron chi connectivity index (χ4n) is 1.35. The molecule has 16 heavy (non-hydrogen) atoms. The molecule has 2 aromatic rings. The van der Waals surface area contributed by atoms with Gasteiger partial charge in [-0.2, -0.15) is 10.1 Å². The first-order valence-electron chi connectivity index (χ1n) is 5.24. The lowest BCUT2D eigenvalue weighted by Crippen LogP contribution is -2.24. The van der Waals surface area contributed by atoms with E-state index in [1.165, 1.54) is 0 Å². The minimum Gasteiger partial charge on any atom is -0.337 e. The summed E-state index contributed by atoms with van der Waals surface area (Å²) < 4.78 is 6.88. The van der Waals surface area contributed by atoms with Crippen LogP contribution in [0.1, 0.15) is 18.6 Å². The maximum absolute atomic E-state index is 5.13. The molecule has 6 nitrogen and oxygen atoms in total. The lowest BCUT2D eigenvalue weighted by Gasteiger charge is -2.04. The van der Waals surface area contributed by atoms with Crippen molar-refractivity contribution in [2.75, 3.05) is 7.05 Å². The Morgan fingerprint density at radius 3 is 3.12 bits per heavy atom. The number of nitrogens with zero attached hydrogens (tertiary/aromatic N) is 4. The van der Waals surface area contributed by atoms with E-state index in [9.17, 15) is 0 Å². The molecule has 0 aliphatic heterocycles. The molecule has 0 aromatic carbocycles. The minimum absolute atomic E-state index is 0.343. The maximum atomic E-state index is 5.13. The summed E-state index contributed by atoms with van der Waals surface area (Å²) in [5.41, 5.74) is 0. The van der Waals surface area contributed by atoms with Crippen LogP contribution in [0.25, 0.3) is 0 Å². The van der Waals surface area contributed by atoms with Gasteiger partial charge in [-0.05, 0) is 20.0 Å². The molecular formula is C10H15N5O. The zero-order chi connectivity index (χ0) is 11.4. The topological polar surface area (TPSA) is 68.8 Å². The fraction of sp³-hybridized carbons (Fsp3) is 0.500. The Kier molecular flexibility index (Phi) is 3.31. The van der Waals surface area contributed by atoms with Gasteiger partial charge in [0.1, 0.15) is 6.54 Å². The number of nitrogens with one attached hydrogen (secondary N) is 1. The van der Waals surface area contributed by atoms with E-state index in [1.54, 1.807) is 10.9 Å². The second-order valence-corrected chi connectivity index (χ2v) is 3.70. The zero-order valence-electron chi connectivity index (χ0n) is 9.42. The van der Waals surface area contributed by atoms with E-state index < -0.39 is 0 Å². The van der Waals surface area contributed by atoms with Gasteiger partial charge in [0.05, 0.1) is 0 Å². The molecule has 0 spiro atoms. The van der Waals surface area contributed by atoms with Gasteiger partial charge in [0.15, 0.2) is 5.82 Å². The zero-order valence-corrected chi connectivity index (χ0v) is 9.42. The van der Waals surface area contributed by atoms with Gasteiger partial charge in [-0.3, -0.25) is 4.68 Å². The number of hydrogen-bond donors (Lipinski definition) is 1. The third kappa shape index (κ3) is 2.66. The molecule has 86 valence electrons. The lowest BCUT2D eigenvalue weighted by atomic mass is 10.2. The summed E-state index contributed by atoms with van der Waals surface area (Å²) in [6, 6.07) is 2.20. The van der Waals surface area contributed by atoms with E-state index in [0.717, 1.165) is 12.2 Å². The summed E-state index contributed by atoms with van der Waals surface area (Å²) in [7, 11) is 1.91. The molecule has 1 atom stereocenters. The second-order valence-electron chi connectivity index (χ2n) is 3.70. The number of rotatable bonds is 5. The summed E-state index contributed by atoms with van der Waals surface area (Å²) in [5, 5.41) is 11.1. The van der Waals surface area contributed by atoms with Crippen molar-refractivity contribution >= 4 is 0 Å². The molecular weight excluding hydrogens is 206 g/mol. The average Bonchev–Trinajstić information content (AvgIpc) is 2.91. The molecule has 2 rings (SSSR count). The quantitative estimate of drug-likeness (QED) is 0.794. The van der Waals surface area contributed by atoms with Crippen molar-refractivity contribution in [1.29, 1.82) is 0 Å². The molecule has 2 heterocycles. The van der Waals surface area contributed by atoms with Crippen LogP contribution in [-0.4, -0.2) is 33.0 Å². The van der Waals surface area contributed by atoms with Gasteiger partial charge >= 0.3 is 0 Å². The molecule has 1 unspecified atom stereocenters. The van der Waals surface area contributed by atoms with Crippen molar-refractivity contribution in [2.45, 2.75) is 25.9 Å². The van der Waals surface area contributed by atoms with Crippen LogP contribution < -0.4 is 5.32 Å². The Bertz CT molecular complexity index is 422. The minimum atomic E-state index is 0.343. The van der Waals surface area contributed by atoms with Gasteiger partial charge in [-0.25, -0.2) is 0 Å². The van der Waals surface area contributed by atoms with Crippen LogP contribution in [0.3, 0.4) is 0 Å². The van der Waals surface area contributed by atoms with Crippen LogP contribution in [0.2, 0.25) is 0 Å². The van der Waals surface area contributed by atoms with Gasteiger partial charge < -0.3 is 9.84 Å². The first-order chi connectivity index (χ1) is 7.78. The molecule has 0 bridgehead atoms. The summed E-state index contributed by atoms with van der Waals surface area (Å²) in [4.78, 5) is 4.29. The molecule has 0 aliphatic rings. The highest BCUT2D eigenvalue weighted by atomic mass is 16.5. The fourth-order valence-corrected chi connectivity index (χ4v) is 1.35. The Morgan fingerprint density at radius 1 is 1.56 bits per heavy atom. The normalized spacial score (nSPS) is 12.9. The van der Waals surface area contributed by atoms with Crippen molar-refractivity contribution in [1.82, 2.24) is 25.2 Å². The Hall–Kier alpha value is -1.69. The third-order valence-corrected chi connectivity index (χ3v) is 2.35. The molecule has 0 saturated carbocycles. The molecule has 1 N–H and O–H groups in total. The first kappa shape index (κ1) is 10.8. The van der Waals surface area contributed by atoms with Crippen molar-refractivity contribution in [3.63, 3.8) is 0 Å². The van der Waals surface area contributed by atoms with Gasteiger partial charge in [-0.15, -0.1) is 0 Å². The SMILES string of the molecule is CNC(C)Cc1noc(Cn2cccn2)n1. The molecule has 0 radical (unpaired) electrons. The highest BCUT2D eigenvalue weighted by molar-refractivity contribution is 4.90. The van der Waals surface area contributed by atoms with Gasteiger partial charge in [0.2, 0.25) is 5.89 Å². The largest absolute Gasteiger partial charge is 0.337 e. The van der Waals surface area contributed by atoms with Crippen LogP contribution in [0.15, 0.2) is 23.0 Å². The van der Waals surface area contributed by atoms with E-state index >= 15 is 0 Å². The van der Waals surface area contributed by atoms with Crippen LogP contribution in [0.5, 0.6) is 0 Å². The van der Waals surface area contributed by atoms with E-state index in [2.05, 4.69) is 27.5 Å². The Balaban J connectivity index is 1.97. The molecule has 0 amide bonds.